The molecule has 1 saturated carbocycles. The summed E-state index contributed by atoms with van der Waals surface area (Å²) >= 11 is 0. The van der Waals surface area contributed by atoms with Gasteiger partial charge in [0.1, 0.15) is 6.61 Å². The van der Waals surface area contributed by atoms with Crippen LogP contribution >= 0.6 is 0 Å². The van der Waals surface area contributed by atoms with E-state index in [4.69, 9.17) is 9.84 Å². The maximum absolute atomic E-state index is 12.7. The molecule has 7 heteroatoms. The van der Waals surface area contributed by atoms with E-state index in [2.05, 4.69) is 34.9 Å². The van der Waals surface area contributed by atoms with Crippen molar-refractivity contribution in [3.8, 4) is 11.1 Å². The molecule has 0 saturated heterocycles. The predicted molar refractivity (Wildman–Crippen MR) is 128 cm³/mol. The third-order valence-electron chi connectivity index (χ3n) is 7.09. The molecule has 0 unspecified atom stereocenters. The Balaban J connectivity index is 1.24. The summed E-state index contributed by atoms with van der Waals surface area (Å²) in [6.07, 6.45) is 1.67. The Labute approximate surface area is 199 Å². The van der Waals surface area contributed by atoms with Crippen LogP contribution in [0, 0.1) is 11.3 Å². The van der Waals surface area contributed by atoms with Gasteiger partial charge in [0.25, 0.3) is 0 Å². The van der Waals surface area contributed by atoms with Gasteiger partial charge in [-0.15, -0.1) is 0 Å². The predicted octanol–water partition coefficient (Wildman–Crippen LogP) is 4.31. The highest BCUT2D eigenvalue weighted by atomic mass is 16.5. The van der Waals surface area contributed by atoms with E-state index in [0.29, 0.717) is 32.2 Å². The van der Waals surface area contributed by atoms with E-state index in [-0.39, 0.29) is 30.4 Å². The van der Waals surface area contributed by atoms with Crippen molar-refractivity contribution in [1.82, 2.24) is 10.6 Å². The highest BCUT2D eigenvalue weighted by molar-refractivity contribution is 5.82. The Morgan fingerprint density at radius 3 is 2.21 bits per heavy atom. The largest absolute Gasteiger partial charge is 0.481 e. The smallest absolute Gasteiger partial charge is 0.407 e. The maximum atomic E-state index is 12.7. The summed E-state index contributed by atoms with van der Waals surface area (Å²) in [4.78, 5) is 36.2. The summed E-state index contributed by atoms with van der Waals surface area (Å²) < 4.78 is 5.55. The van der Waals surface area contributed by atoms with Crippen molar-refractivity contribution in [3.63, 3.8) is 0 Å². The second-order valence-corrected chi connectivity index (χ2v) is 9.90. The molecule has 0 aliphatic heterocycles. The van der Waals surface area contributed by atoms with Crippen LogP contribution in [0.3, 0.4) is 0 Å². The summed E-state index contributed by atoms with van der Waals surface area (Å²) in [7, 11) is 0. The molecule has 0 aromatic heterocycles. The zero-order valence-corrected chi connectivity index (χ0v) is 19.7. The minimum atomic E-state index is -0.802. The molecule has 3 N–H and O–H groups in total. The summed E-state index contributed by atoms with van der Waals surface area (Å²) in [6.45, 7) is 4.20. The molecule has 2 aromatic rings. The second-order valence-electron chi connectivity index (χ2n) is 9.90. The Kier molecular flexibility index (Phi) is 6.91. The number of fused-ring (bicyclic) bond motifs is 3. The molecule has 0 radical (unpaired) electrons. The van der Waals surface area contributed by atoms with Gasteiger partial charge in [-0.05, 0) is 47.9 Å². The third-order valence-corrected chi connectivity index (χ3v) is 7.09. The summed E-state index contributed by atoms with van der Waals surface area (Å²) in [6, 6.07) is 16.3. The molecule has 7 nitrogen and oxygen atoms in total. The summed E-state index contributed by atoms with van der Waals surface area (Å²) in [5, 5.41) is 14.9. The molecular formula is C27H32N2O5. The fourth-order valence-electron chi connectivity index (χ4n) is 4.96. The Morgan fingerprint density at radius 1 is 1.00 bits per heavy atom. The third kappa shape index (κ3) is 5.08. The molecule has 180 valence electrons. The van der Waals surface area contributed by atoms with Gasteiger partial charge in [0, 0.05) is 23.9 Å². The van der Waals surface area contributed by atoms with Crippen molar-refractivity contribution in [2.24, 2.45) is 11.3 Å². The summed E-state index contributed by atoms with van der Waals surface area (Å²) in [5.74, 6) is -1.31. The zero-order chi connectivity index (χ0) is 24.3. The van der Waals surface area contributed by atoms with Crippen LogP contribution in [0.5, 0.6) is 0 Å². The lowest BCUT2D eigenvalue weighted by molar-refractivity contribution is -0.141. The van der Waals surface area contributed by atoms with Gasteiger partial charge in [-0.3, -0.25) is 9.59 Å². The molecule has 2 aliphatic carbocycles. The summed E-state index contributed by atoms with van der Waals surface area (Å²) in [5.41, 5.74) is 3.98. The molecule has 2 amide bonds. The minimum absolute atomic E-state index is 0.00130. The lowest BCUT2D eigenvalue weighted by Crippen LogP contribution is -2.43. The number of hydrogen-bond acceptors (Lipinski definition) is 4. The average molecular weight is 465 g/mol. The van der Waals surface area contributed by atoms with Gasteiger partial charge in [0.15, 0.2) is 0 Å². The molecule has 0 spiro atoms. The quantitative estimate of drug-likeness (QED) is 0.540. The highest BCUT2D eigenvalue weighted by Gasteiger charge is 2.34. The van der Waals surface area contributed by atoms with E-state index in [9.17, 15) is 14.4 Å². The van der Waals surface area contributed by atoms with Gasteiger partial charge in [0.05, 0.1) is 5.92 Å². The number of rotatable bonds is 8. The van der Waals surface area contributed by atoms with Crippen LogP contribution in [0.2, 0.25) is 0 Å². The fourth-order valence-corrected chi connectivity index (χ4v) is 4.96. The Hall–Kier alpha value is -3.35. The number of ether oxygens (including phenoxy) is 1. The van der Waals surface area contributed by atoms with Gasteiger partial charge in [0.2, 0.25) is 5.91 Å². The van der Waals surface area contributed by atoms with Crippen LogP contribution in [-0.2, 0) is 14.3 Å². The number of hydrogen-bond donors (Lipinski definition) is 3. The van der Waals surface area contributed by atoms with Crippen molar-refractivity contribution in [2.75, 3.05) is 13.2 Å². The van der Waals surface area contributed by atoms with Gasteiger partial charge >= 0.3 is 12.1 Å². The number of carboxylic acid groups (broad SMARTS) is 1. The van der Waals surface area contributed by atoms with E-state index in [0.717, 1.165) is 11.1 Å². The lowest BCUT2D eigenvalue weighted by Gasteiger charge is -2.26. The highest BCUT2D eigenvalue weighted by Crippen LogP contribution is 2.44. The first kappa shape index (κ1) is 23.8. The number of carbonyl (C=O) groups is 3. The molecule has 2 aliphatic rings. The van der Waals surface area contributed by atoms with Crippen LogP contribution in [0.1, 0.15) is 56.6 Å². The molecule has 4 rings (SSSR count). The minimum Gasteiger partial charge on any atom is -0.481 e. The second kappa shape index (κ2) is 9.87. The van der Waals surface area contributed by atoms with Crippen molar-refractivity contribution < 1.29 is 24.2 Å². The van der Waals surface area contributed by atoms with Gasteiger partial charge in [-0.25, -0.2) is 4.79 Å². The Morgan fingerprint density at radius 2 is 1.62 bits per heavy atom. The van der Waals surface area contributed by atoms with Gasteiger partial charge in [-0.2, -0.15) is 0 Å². The fraction of sp³-hybridized carbons (Fsp3) is 0.444. The zero-order valence-electron chi connectivity index (χ0n) is 19.7. The number of carboxylic acids is 1. The molecule has 1 fully saturated rings. The number of alkyl carbamates (subject to hydrolysis) is 1. The number of nitrogens with one attached hydrogen (secondary N) is 2. The van der Waals surface area contributed by atoms with E-state index >= 15 is 0 Å². The van der Waals surface area contributed by atoms with E-state index in [1.165, 1.54) is 11.1 Å². The molecule has 34 heavy (non-hydrogen) atoms. The monoisotopic (exact) mass is 464 g/mol. The van der Waals surface area contributed by atoms with E-state index in [1.54, 1.807) is 0 Å². The average Bonchev–Trinajstić information content (AvgIpc) is 3.40. The van der Waals surface area contributed by atoms with Crippen LogP contribution in [0.25, 0.3) is 11.1 Å². The topological polar surface area (TPSA) is 105 Å². The number of benzene rings is 2. The van der Waals surface area contributed by atoms with Crippen molar-refractivity contribution in [3.05, 3.63) is 59.7 Å². The first-order valence-electron chi connectivity index (χ1n) is 11.9. The first-order valence-corrected chi connectivity index (χ1v) is 11.9. The van der Waals surface area contributed by atoms with Gasteiger partial charge < -0.3 is 20.5 Å². The van der Waals surface area contributed by atoms with Crippen molar-refractivity contribution in [2.45, 2.75) is 51.5 Å². The Bertz CT molecular complexity index is 1030. The maximum Gasteiger partial charge on any atom is 0.407 e. The van der Waals surface area contributed by atoms with Crippen LogP contribution in [0.15, 0.2) is 48.5 Å². The number of aliphatic carboxylic acids is 1. The van der Waals surface area contributed by atoms with Crippen LogP contribution in [0.4, 0.5) is 4.79 Å². The van der Waals surface area contributed by atoms with Crippen molar-refractivity contribution >= 4 is 18.0 Å². The normalized spacial score (nSPS) is 19.2. The lowest BCUT2D eigenvalue weighted by atomic mass is 9.88. The molecule has 2 aromatic carbocycles. The first-order chi connectivity index (χ1) is 16.3. The standard InChI is InChI=1S/C27H32N2O5/c1-27(2,25(32)29-18-12-11-17(15-18)24(30)31)13-14-28-26(33)34-16-23-21-9-5-3-7-19(21)20-8-4-6-10-22(20)23/h3-10,17-18,23H,11-16H2,1-2H3,(H,28,33)(H,29,32)(H,30,31)/t17-,18+/m1/s1. The molecule has 0 heterocycles. The van der Waals surface area contributed by atoms with E-state index < -0.39 is 17.5 Å². The van der Waals surface area contributed by atoms with E-state index in [1.807, 2.05) is 38.1 Å². The van der Waals surface area contributed by atoms with Crippen LogP contribution < -0.4 is 10.6 Å². The number of carbonyl (C=O) groups excluding carboxylic acids is 2. The van der Waals surface area contributed by atoms with Crippen molar-refractivity contribution in [1.29, 1.82) is 0 Å². The molecular weight excluding hydrogens is 432 g/mol. The molecule has 2 atom stereocenters. The SMILES string of the molecule is CC(C)(CCNC(=O)OCC1c2ccccc2-c2ccccc21)C(=O)N[C@H]1CC[C@@H](C(=O)O)C1. The van der Waals surface area contributed by atoms with Gasteiger partial charge in [-0.1, -0.05) is 62.4 Å². The van der Waals surface area contributed by atoms with Crippen LogP contribution in [-0.4, -0.2) is 42.3 Å². The number of amides is 2. The molecule has 0 bridgehead atoms.